The van der Waals surface area contributed by atoms with Gasteiger partial charge in [0.1, 0.15) is 6.33 Å². The van der Waals surface area contributed by atoms with Crippen LogP contribution in [0.15, 0.2) is 43.1 Å². The molecule has 0 bridgehead atoms. The molecular formula is C20H20N6. The lowest BCUT2D eigenvalue weighted by Gasteiger charge is -2.18. The molecule has 1 aliphatic rings. The van der Waals surface area contributed by atoms with Gasteiger partial charge in [0.2, 0.25) is 0 Å². The summed E-state index contributed by atoms with van der Waals surface area (Å²) in [5.41, 5.74) is 4.29. The molecule has 0 spiro atoms. The molecule has 0 atom stereocenters. The Bertz CT molecular complexity index is 963. The van der Waals surface area contributed by atoms with Gasteiger partial charge in [-0.15, -0.1) is 5.10 Å². The van der Waals surface area contributed by atoms with Gasteiger partial charge in [-0.1, -0.05) is 23.1 Å². The van der Waals surface area contributed by atoms with Crippen LogP contribution in [0.4, 0.5) is 11.5 Å². The fraction of sp³-hybridized carbons (Fsp3) is 0.300. The highest BCUT2D eigenvalue weighted by Crippen LogP contribution is 2.29. The van der Waals surface area contributed by atoms with Crippen molar-refractivity contribution in [2.75, 3.05) is 11.9 Å². The van der Waals surface area contributed by atoms with Gasteiger partial charge in [-0.2, -0.15) is 0 Å². The maximum atomic E-state index is 4.31. The average Bonchev–Trinajstić information content (AvgIpc) is 3.38. The van der Waals surface area contributed by atoms with Crippen molar-refractivity contribution in [2.45, 2.75) is 26.3 Å². The Hall–Kier alpha value is -3.20. The molecule has 4 rings (SSSR count). The second kappa shape index (κ2) is 6.96. The van der Waals surface area contributed by atoms with Gasteiger partial charge in [0.05, 0.1) is 12.7 Å². The zero-order valence-corrected chi connectivity index (χ0v) is 14.9. The largest absolute Gasteiger partial charge is 0.326 e. The van der Waals surface area contributed by atoms with Crippen molar-refractivity contribution in [1.29, 1.82) is 0 Å². The molecular weight excluding hydrogens is 324 g/mol. The van der Waals surface area contributed by atoms with E-state index in [0.717, 1.165) is 22.6 Å². The van der Waals surface area contributed by atoms with Gasteiger partial charge in [0.15, 0.2) is 5.82 Å². The molecule has 0 radical (unpaired) electrons. The summed E-state index contributed by atoms with van der Waals surface area (Å²) in [5, 5.41) is 8.53. The van der Waals surface area contributed by atoms with Crippen LogP contribution in [0.3, 0.4) is 0 Å². The first-order chi connectivity index (χ1) is 12.7. The van der Waals surface area contributed by atoms with Gasteiger partial charge >= 0.3 is 0 Å². The molecule has 0 aliphatic heterocycles. The van der Waals surface area contributed by atoms with Crippen LogP contribution in [0.1, 0.15) is 29.5 Å². The zero-order valence-electron chi connectivity index (χ0n) is 14.9. The molecule has 0 unspecified atom stereocenters. The Morgan fingerprint density at radius 3 is 2.81 bits per heavy atom. The van der Waals surface area contributed by atoms with E-state index in [4.69, 9.17) is 0 Å². The quantitative estimate of drug-likeness (QED) is 0.681. The lowest BCUT2D eigenvalue weighted by Crippen LogP contribution is -2.11. The molecule has 6 nitrogen and oxygen atoms in total. The van der Waals surface area contributed by atoms with Gasteiger partial charge in [-0.05, 0) is 37.5 Å². The number of rotatable bonds is 4. The maximum absolute atomic E-state index is 4.31. The summed E-state index contributed by atoms with van der Waals surface area (Å²) < 4.78 is 1.79. The zero-order chi connectivity index (χ0) is 17.9. The Balaban J connectivity index is 1.55. The van der Waals surface area contributed by atoms with Crippen LogP contribution in [-0.2, 0) is 6.54 Å². The summed E-state index contributed by atoms with van der Waals surface area (Å²) in [6, 6.07) is 6.30. The van der Waals surface area contributed by atoms with Crippen LogP contribution in [0.25, 0.3) is 0 Å². The van der Waals surface area contributed by atoms with Gasteiger partial charge in [0.25, 0.3) is 0 Å². The topological polar surface area (TPSA) is 59.7 Å². The van der Waals surface area contributed by atoms with Gasteiger partial charge in [-0.25, -0.2) is 14.6 Å². The third-order valence-electron chi connectivity index (χ3n) is 4.40. The first kappa shape index (κ1) is 16.3. The number of benzene rings is 1. The van der Waals surface area contributed by atoms with E-state index in [9.17, 15) is 0 Å². The number of anilines is 2. The number of aryl methyl sites for hydroxylation is 1. The first-order valence-electron chi connectivity index (χ1n) is 8.69. The molecule has 0 saturated heterocycles. The van der Waals surface area contributed by atoms with Crippen LogP contribution in [0.5, 0.6) is 0 Å². The van der Waals surface area contributed by atoms with E-state index in [1.807, 2.05) is 18.1 Å². The number of hydrogen-bond acceptors (Lipinski definition) is 5. The summed E-state index contributed by atoms with van der Waals surface area (Å²) in [4.78, 5) is 10.1. The van der Waals surface area contributed by atoms with Crippen LogP contribution >= 0.6 is 0 Å². The highest BCUT2D eigenvalue weighted by Gasteiger charge is 2.18. The van der Waals surface area contributed by atoms with Crippen LogP contribution in [0.2, 0.25) is 0 Å². The van der Waals surface area contributed by atoms with Crippen LogP contribution < -0.4 is 4.90 Å². The molecule has 130 valence electrons. The normalized spacial score (nSPS) is 13.2. The van der Waals surface area contributed by atoms with E-state index >= 15 is 0 Å². The van der Waals surface area contributed by atoms with E-state index in [-0.39, 0.29) is 0 Å². The Kier molecular flexibility index (Phi) is 4.36. The molecule has 2 heterocycles. The fourth-order valence-corrected chi connectivity index (χ4v) is 2.70. The lowest BCUT2D eigenvalue weighted by molar-refractivity contribution is 0.646. The number of aromatic nitrogens is 5. The van der Waals surface area contributed by atoms with Crippen molar-refractivity contribution < 1.29 is 0 Å². The summed E-state index contributed by atoms with van der Waals surface area (Å²) in [6.45, 7) is 2.68. The highest BCUT2D eigenvalue weighted by molar-refractivity contribution is 5.64. The van der Waals surface area contributed by atoms with E-state index in [1.54, 1.807) is 17.1 Å². The second-order valence-electron chi connectivity index (χ2n) is 6.62. The maximum Gasteiger partial charge on any atom is 0.175 e. The van der Waals surface area contributed by atoms with Crippen LogP contribution in [0, 0.1) is 24.7 Å². The molecule has 1 aliphatic carbocycles. The molecule has 1 fully saturated rings. The minimum Gasteiger partial charge on any atom is -0.326 e. The average molecular weight is 344 g/mol. The number of nitrogens with zero attached hydrogens (tertiary/aromatic N) is 6. The van der Waals surface area contributed by atoms with E-state index < -0.39 is 0 Å². The molecule has 3 aromatic rings. The predicted octanol–water partition coefficient (Wildman–Crippen LogP) is 2.95. The summed E-state index contributed by atoms with van der Waals surface area (Å²) in [5.74, 6) is 7.99. The van der Waals surface area contributed by atoms with Gasteiger partial charge < -0.3 is 4.90 Å². The van der Waals surface area contributed by atoms with Crippen molar-refractivity contribution in [3.63, 3.8) is 0 Å². The molecule has 1 aromatic carbocycles. The van der Waals surface area contributed by atoms with E-state index in [1.165, 1.54) is 24.7 Å². The van der Waals surface area contributed by atoms with Crippen LogP contribution in [-0.4, -0.2) is 32.0 Å². The summed E-state index contributed by atoms with van der Waals surface area (Å²) in [7, 11) is 2.00. The lowest BCUT2D eigenvalue weighted by atomic mass is 10.1. The SMILES string of the molecule is Cc1ccc(C#CC2CC2)cc1N(C)c1cn(Cc2cncnc2)nn1. The van der Waals surface area contributed by atoms with E-state index in [0.29, 0.717) is 12.5 Å². The summed E-state index contributed by atoms with van der Waals surface area (Å²) in [6.07, 6.45) is 9.48. The number of hydrogen-bond donors (Lipinski definition) is 0. The summed E-state index contributed by atoms with van der Waals surface area (Å²) >= 11 is 0. The molecule has 0 N–H and O–H groups in total. The second-order valence-corrected chi connectivity index (χ2v) is 6.62. The van der Waals surface area contributed by atoms with Crippen molar-refractivity contribution >= 4 is 11.5 Å². The Labute approximate surface area is 152 Å². The van der Waals surface area contributed by atoms with Crippen molar-refractivity contribution in [1.82, 2.24) is 25.0 Å². The van der Waals surface area contributed by atoms with Crippen molar-refractivity contribution in [3.05, 3.63) is 59.8 Å². The molecule has 0 amide bonds. The first-order valence-corrected chi connectivity index (χ1v) is 8.69. The van der Waals surface area contributed by atoms with Crippen molar-refractivity contribution in [2.24, 2.45) is 5.92 Å². The minimum atomic E-state index is 0.591. The van der Waals surface area contributed by atoms with E-state index in [2.05, 4.69) is 57.2 Å². The predicted molar refractivity (Wildman–Crippen MR) is 100 cm³/mol. The highest BCUT2D eigenvalue weighted by atomic mass is 15.5. The Morgan fingerprint density at radius 1 is 1.23 bits per heavy atom. The van der Waals surface area contributed by atoms with Gasteiger partial charge in [0, 0.05) is 42.2 Å². The molecule has 26 heavy (non-hydrogen) atoms. The monoisotopic (exact) mass is 344 g/mol. The molecule has 2 aromatic heterocycles. The molecule has 1 saturated carbocycles. The molecule has 6 heteroatoms. The fourth-order valence-electron chi connectivity index (χ4n) is 2.70. The standard InChI is InChI=1S/C20H20N6/c1-15-3-4-17(8-7-16-5-6-16)9-19(15)25(2)20-13-26(24-23-20)12-18-10-21-14-22-11-18/h3-4,9-11,13-14,16H,5-6,12H2,1-2H3. The Morgan fingerprint density at radius 2 is 2.04 bits per heavy atom. The minimum absolute atomic E-state index is 0.591. The third kappa shape index (κ3) is 3.72. The van der Waals surface area contributed by atoms with Gasteiger partial charge in [-0.3, -0.25) is 0 Å². The third-order valence-corrected chi connectivity index (χ3v) is 4.40. The smallest absolute Gasteiger partial charge is 0.175 e. The van der Waals surface area contributed by atoms with Crippen molar-refractivity contribution in [3.8, 4) is 11.8 Å².